The smallest absolute Gasteiger partial charge is 0.123 e. The largest absolute Gasteiger partial charge is 0.376 e. The van der Waals surface area contributed by atoms with Crippen LogP contribution in [-0.4, -0.2) is 25.3 Å². The van der Waals surface area contributed by atoms with Crippen molar-refractivity contribution in [3.05, 3.63) is 35.6 Å². The molecular formula is C20H32FNO. The Morgan fingerprint density at radius 2 is 1.96 bits per heavy atom. The van der Waals surface area contributed by atoms with Crippen molar-refractivity contribution in [2.75, 3.05) is 19.7 Å². The second-order valence-electron chi connectivity index (χ2n) is 8.39. The fraction of sp³-hybridized carbons (Fsp3) is 0.700. The van der Waals surface area contributed by atoms with E-state index in [1.165, 1.54) is 5.56 Å². The van der Waals surface area contributed by atoms with E-state index in [0.29, 0.717) is 0 Å². The van der Waals surface area contributed by atoms with E-state index in [-0.39, 0.29) is 16.8 Å². The van der Waals surface area contributed by atoms with Gasteiger partial charge >= 0.3 is 0 Å². The summed E-state index contributed by atoms with van der Waals surface area (Å²) in [4.78, 5) is 0. The topological polar surface area (TPSA) is 21.3 Å². The van der Waals surface area contributed by atoms with Gasteiger partial charge in [0.25, 0.3) is 0 Å². The summed E-state index contributed by atoms with van der Waals surface area (Å²) in [6, 6.07) is 6.90. The monoisotopic (exact) mass is 321 g/mol. The minimum absolute atomic E-state index is 0.0342. The van der Waals surface area contributed by atoms with Gasteiger partial charge in [-0.1, -0.05) is 26.0 Å². The standard InChI is InChI=1S/C20H32FNO/c1-19(2,13-16-5-7-18(21)8-6-16)10-11-22-15-17-9-12-23-20(3,4)14-17/h5-8,17,22H,9-15H2,1-4H3. The highest BCUT2D eigenvalue weighted by atomic mass is 19.1. The van der Waals surface area contributed by atoms with Crippen LogP contribution in [0.15, 0.2) is 24.3 Å². The molecule has 2 rings (SSSR count). The maximum Gasteiger partial charge on any atom is 0.123 e. The van der Waals surface area contributed by atoms with Crippen LogP contribution in [0.5, 0.6) is 0 Å². The molecule has 1 aliphatic heterocycles. The Bertz CT molecular complexity index is 481. The molecule has 23 heavy (non-hydrogen) atoms. The normalized spacial score (nSPS) is 21.3. The van der Waals surface area contributed by atoms with Crippen molar-refractivity contribution < 1.29 is 9.13 Å². The van der Waals surface area contributed by atoms with Gasteiger partial charge in [-0.25, -0.2) is 4.39 Å². The molecule has 1 heterocycles. The molecule has 1 fully saturated rings. The van der Waals surface area contributed by atoms with E-state index in [0.717, 1.165) is 51.3 Å². The van der Waals surface area contributed by atoms with Crippen LogP contribution in [0.4, 0.5) is 4.39 Å². The molecule has 1 aromatic carbocycles. The molecule has 0 spiro atoms. The summed E-state index contributed by atoms with van der Waals surface area (Å²) >= 11 is 0. The lowest BCUT2D eigenvalue weighted by atomic mass is 9.82. The van der Waals surface area contributed by atoms with Crippen LogP contribution in [0.1, 0.15) is 52.5 Å². The van der Waals surface area contributed by atoms with Crippen molar-refractivity contribution in [2.45, 2.75) is 59.0 Å². The summed E-state index contributed by atoms with van der Waals surface area (Å²) in [5.74, 6) is 0.562. The number of hydrogen-bond acceptors (Lipinski definition) is 2. The first-order chi connectivity index (χ1) is 10.8. The molecule has 2 nitrogen and oxygen atoms in total. The summed E-state index contributed by atoms with van der Waals surface area (Å²) in [6.07, 6.45) is 4.41. The molecule has 1 aliphatic rings. The predicted molar refractivity (Wildman–Crippen MR) is 94.1 cm³/mol. The summed E-state index contributed by atoms with van der Waals surface area (Å²) in [6.45, 7) is 11.9. The molecule has 0 saturated carbocycles. The fourth-order valence-electron chi connectivity index (χ4n) is 3.51. The van der Waals surface area contributed by atoms with E-state index >= 15 is 0 Å². The number of benzene rings is 1. The molecule has 130 valence electrons. The maximum absolute atomic E-state index is 13.0. The van der Waals surface area contributed by atoms with E-state index in [4.69, 9.17) is 4.74 Å². The Hall–Kier alpha value is -0.930. The van der Waals surface area contributed by atoms with Gasteiger partial charge in [0.2, 0.25) is 0 Å². The number of nitrogens with one attached hydrogen (secondary N) is 1. The second-order valence-corrected chi connectivity index (χ2v) is 8.39. The van der Waals surface area contributed by atoms with Crippen molar-refractivity contribution in [2.24, 2.45) is 11.3 Å². The van der Waals surface area contributed by atoms with Gasteiger partial charge in [0, 0.05) is 6.61 Å². The van der Waals surface area contributed by atoms with E-state index in [1.54, 1.807) is 12.1 Å². The average molecular weight is 321 g/mol. The zero-order valence-electron chi connectivity index (χ0n) is 15.1. The first-order valence-corrected chi connectivity index (χ1v) is 8.85. The van der Waals surface area contributed by atoms with Crippen LogP contribution in [0.3, 0.4) is 0 Å². The lowest BCUT2D eigenvalue weighted by Gasteiger charge is -2.35. The van der Waals surface area contributed by atoms with E-state index in [2.05, 4.69) is 33.0 Å². The molecule has 1 aromatic rings. The van der Waals surface area contributed by atoms with Crippen molar-refractivity contribution >= 4 is 0 Å². The third-order valence-corrected chi connectivity index (χ3v) is 4.81. The van der Waals surface area contributed by atoms with Gasteiger partial charge in [-0.05, 0) is 81.6 Å². The number of hydrogen-bond donors (Lipinski definition) is 1. The summed E-state index contributed by atoms with van der Waals surface area (Å²) in [5.41, 5.74) is 1.47. The third-order valence-electron chi connectivity index (χ3n) is 4.81. The van der Waals surface area contributed by atoms with E-state index < -0.39 is 0 Å². The van der Waals surface area contributed by atoms with Crippen molar-refractivity contribution in [3.8, 4) is 0 Å². The van der Waals surface area contributed by atoms with Crippen LogP contribution in [0, 0.1) is 17.2 Å². The van der Waals surface area contributed by atoms with Gasteiger partial charge in [0.05, 0.1) is 5.60 Å². The molecule has 0 amide bonds. The number of ether oxygens (including phenoxy) is 1. The molecule has 1 N–H and O–H groups in total. The predicted octanol–water partition coefficient (Wildman–Crippen LogP) is 4.58. The van der Waals surface area contributed by atoms with Crippen LogP contribution in [0.2, 0.25) is 0 Å². The quantitative estimate of drug-likeness (QED) is 0.742. The third kappa shape index (κ3) is 6.60. The second kappa shape index (κ2) is 7.76. The van der Waals surface area contributed by atoms with Crippen molar-refractivity contribution in [3.63, 3.8) is 0 Å². The Morgan fingerprint density at radius 1 is 1.26 bits per heavy atom. The van der Waals surface area contributed by atoms with Gasteiger partial charge < -0.3 is 10.1 Å². The SMILES string of the molecule is CC(C)(CCNCC1CCOC(C)(C)C1)Cc1ccc(F)cc1. The molecule has 1 saturated heterocycles. The molecule has 0 aliphatic carbocycles. The van der Waals surface area contributed by atoms with Crippen molar-refractivity contribution in [1.82, 2.24) is 5.32 Å². The summed E-state index contributed by atoms with van der Waals surface area (Å²) in [5, 5.41) is 3.63. The average Bonchev–Trinajstić information content (AvgIpc) is 2.45. The van der Waals surface area contributed by atoms with Crippen LogP contribution in [0.25, 0.3) is 0 Å². The maximum atomic E-state index is 13.0. The van der Waals surface area contributed by atoms with Crippen LogP contribution in [-0.2, 0) is 11.2 Å². The fourth-order valence-corrected chi connectivity index (χ4v) is 3.51. The molecule has 3 heteroatoms. The Morgan fingerprint density at radius 3 is 2.61 bits per heavy atom. The van der Waals surface area contributed by atoms with Crippen LogP contribution >= 0.6 is 0 Å². The Balaban J connectivity index is 1.69. The number of halogens is 1. The molecule has 0 radical (unpaired) electrons. The van der Waals surface area contributed by atoms with Gasteiger partial charge in [-0.3, -0.25) is 0 Å². The van der Waals surface area contributed by atoms with Gasteiger partial charge in [-0.15, -0.1) is 0 Å². The highest BCUT2D eigenvalue weighted by Gasteiger charge is 2.28. The minimum atomic E-state index is -0.160. The lowest BCUT2D eigenvalue weighted by Crippen LogP contribution is -2.38. The molecule has 1 unspecified atom stereocenters. The Kier molecular flexibility index (Phi) is 6.21. The molecule has 0 aromatic heterocycles. The molecule has 1 atom stereocenters. The van der Waals surface area contributed by atoms with E-state index in [1.807, 2.05) is 12.1 Å². The highest BCUT2D eigenvalue weighted by Crippen LogP contribution is 2.28. The zero-order valence-corrected chi connectivity index (χ0v) is 15.1. The van der Waals surface area contributed by atoms with Gasteiger partial charge in [-0.2, -0.15) is 0 Å². The van der Waals surface area contributed by atoms with Gasteiger partial charge in [0.15, 0.2) is 0 Å². The highest BCUT2D eigenvalue weighted by molar-refractivity contribution is 5.17. The first kappa shape index (κ1) is 18.4. The summed E-state index contributed by atoms with van der Waals surface area (Å²) < 4.78 is 18.8. The molecular weight excluding hydrogens is 289 g/mol. The summed E-state index contributed by atoms with van der Waals surface area (Å²) in [7, 11) is 0. The van der Waals surface area contributed by atoms with Gasteiger partial charge in [0.1, 0.15) is 5.82 Å². The van der Waals surface area contributed by atoms with Crippen LogP contribution < -0.4 is 5.32 Å². The lowest BCUT2D eigenvalue weighted by molar-refractivity contribution is -0.0718. The molecule has 0 bridgehead atoms. The van der Waals surface area contributed by atoms with Crippen molar-refractivity contribution in [1.29, 1.82) is 0 Å². The minimum Gasteiger partial charge on any atom is -0.376 e. The zero-order chi connectivity index (χ0) is 16.9. The first-order valence-electron chi connectivity index (χ1n) is 8.85. The number of rotatable bonds is 7. The Labute approximate surface area is 140 Å². The van der Waals surface area contributed by atoms with E-state index in [9.17, 15) is 4.39 Å².